The summed E-state index contributed by atoms with van der Waals surface area (Å²) in [4.78, 5) is 0. The maximum atomic E-state index is 5.55. The fourth-order valence-corrected chi connectivity index (χ4v) is 6.13. The first-order valence-corrected chi connectivity index (χ1v) is 29.3. The second-order valence-corrected chi connectivity index (χ2v) is 31.8. The Labute approximate surface area is 330 Å². The minimum absolute atomic E-state index is 0.149. The third-order valence-electron chi connectivity index (χ3n) is 9.69. The van der Waals surface area contributed by atoms with E-state index in [1.165, 1.54) is 69.3 Å². The number of halogens is 2. The predicted octanol–water partition coefficient (Wildman–Crippen LogP) is 15.8. The van der Waals surface area contributed by atoms with Crippen LogP contribution in [0.15, 0.2) is 109 Å². The van der Waals surface area contributed by atoms with Crippen molar-refractivity contribution in [2.45, 2.75) is 119 Å². The van der Waals surface area contributed by atoms with Gasteiger partial charge in [-0.1, -0.05) is 143 Å². The van der Waals surface area contributed by atoms with Crippen LogP contribution in [0.4, 0.5) is 0 Å². The molecule has 276 valence electrons. The normalized spacial score (nSPS) is 12.2. The first-order chi connectivity index (χ1) is 24.0. The Morgan fingerprint density at radius 2 is 0.750 bits per heavy atom. The number of hydrogen-bond donors (Lipinski definition) is 0. The van der Waals surface area contributed by atoms with Crippen LogP contribution >= 0.6 is 17.2 Å². The zero-order valence-electron chi connectivity index (χ0n) is 34.1. The van der Waals surface area contributed by atoms with Gasteiger partial charge in [0.25, 0.3) is 0 Å². The molecule has 0 amide bonds. The Kier molecular flexibility index (Phi) is 13.3. The summed E-state index contributed by atoms with van der Waals surface area (Å²) in [5.41, 5.74) is 11.6. The third-order valence-corrected chi connectivity index (χ3v) is 18.6. The van der Waals surface area contributed by atoms with Gasteiger partial charge in [-0.2, -0.15) is 24.3 Å². The Morgan fingerprint density at radius 3 is 1.00 bits per heavy atom. The number of hydrogen-bond acceptors (Lipinski definition) is 0. The first kappa shape index (κ1) is 42.2. The third kappa shape index (κ3) is 10.8. The van der Waals surface area contributed by atoms with Crippen LogP contribution in [0.1, 0.15) is 119 Å². The fraction of sp³-hybridized carbons (Fsp3) is 0.367. The van der Waals surface area contributed by atoms with Crippen molar-refractivity contribution in [2.24, 2.45) is 0 Å². The van der Waals surface area contributed by atoms with Gasteiger partial charge in [0.1, 0.15) is 0 Å². The topological polar surface area (TPSA) is 0 Å². The summed E-state index contributed by atoms with van der Waals surface area (Å²) in [6.45, 7) is 31.5. The van der Waals surface area contributed by atoms with Gasteiger partial charge >= 0.3 is 52.8 Å². The van der Waals surface area contributed by atoms with E-state index in [4.69, 9.17) is 17.2 Å². The molecule has 0 radical (unpaired) electrons. The fourth-order valence-electron chi connectivity index (χ4n) is 6.13. The first-order valence-electron chi connectivity index (χ1n) is 18.6. The van der Waals surface area contributed by atoms with Gasteiger partial charge in [0.05, 0.1) is 0 Å². The molecular weight excluding hydrogens is 838 g/mol. The second kappa shape index (κ2) is 16.4. The molecule has 0 aliphatic heterocycles. The van der Waals surface area contributed by atoms with E-state index in [-0.39, 0.29) is 21.7 Å². The molecule has 0 heterocycles. The molecule has 52 heavy (non-hydrogen) atoms. The van der Waals surface area contributed by atoms with Gasteiger partial charge in [-0.3, -0.25) is 0 Å². The Bertz CT molecular complexity index is 1930. The summed E-state index contributed by atoms with van der Waals surface area (Å²) in [6, 6.07) is 40.6. The van der Waals surface area contributed by atoms with E-state index in [9.17, 15) is 0 Å². The number of benzene rings is 4. The van der Waals surface area contributed by atoms with Crippen molar-refractivity contribution >= 4 is 42.0 Å². The Hall–Kier alpha value is -2.58. The van der Waals surface area contributed by atoms with E-state index >= 15 is 0 Å². The van der Waals surface area contributed by atoms with Gasteiger partial charge in [0, 0.05) is 0 Å². The van der Waals surface area contributed by atoms with Crippen LogP contribution < -0.4 is 0 Å². The molecule has 0 aromatic heterocycles. The van der Waals surface area contributed by atoms with Crippen LogP contribution in [0.2, 0.25) is 0 Å². The molecule has 6 aromatic rings. The summed E-state index contributed by atoms with van der Waals surface area (Å²) >= 11 is -1.97. The van der Waals surface area contributed by atoms with Crippen LogP contribution in [0.5, 0.6) is 0 Å². The summed E-state index contributed by atoms with van der Waals surface area (Å²) in [5.74, 6) is 0. The molecule has 0 spiro atoms. The van der Waals surface area contributed by atoms with Crippen LogP contribution in [0.3, 0.4) is 0 Å². The van der Waals surface area contributed by atoms with E-state index in [0.717, 1.165) is 0 Å². The molecule has 0 aliphatic rings. The van der Waals surface area contributed by atoms with Gasteiger partial charge in [0.2, 0.25) is 0 Å². The second-order valence-electron chi connectivity index (χ2n) is 18.5. The van der Waals surface area contributed by atoms with Crippen LogP contribution in [-0.2, 0) is 40.2 Å². The number of fused-ring (bicyclic) bond motifs is 2. The van der Waals surface area contributed by atoms with E-state index < -0.39 is 18.6 Å². The van der Waals surface area contributed by atoms with E-state index in [2.05, 4.69) is 192 Å². The van der Waals surface area contributed by atoms with Crippen molar-refractivity contribution in [2.75, 3.05) is 0 Å². The van der Waals surface area contributed by atoms with Crippen molar-refractivity contribution in [3.63, 3.8) is 0 Å². The minimum atomic E-state index is -1.97. The standard InChI is InChI=1S/2C23H27.C3H6.2ClH.Hf/c2*1-22(2,3)18-13-17(14-19(15-18)23(4,5)6)21-12-8-10-16-9-7-11-20(16)21;1-3-2;;;/h2*7-15H,1-6H3;1-2H3;2*1H;/q2*-1;;;;+2/p-2. The molecule has 0 nitrogen and oxygen atoms in total. The van der Waals surface area contributed by atoms with E-state index in [1.54, 1.807) is 0 Å². The molecule has 3 heteroatoms. The van der Waals surface area contributed by atoms with Gasteiger partial charge in [-0.15, -0.1) is 57.9 Å². The molecule has 0 N–H and O–H groups in total. The Balaban J connectivity index is 0.000000202. The van der Waals surface area contributed by atoms with Gasteiger partial charge in [0.15, 0.2) is 0 Å². The van der Waals surface area contributed by atoms with E-state index in [1.807, 2.05) is 13.8 Å². The predicted molar refractivity (Wildman–Crippen MR) is 233 cm³/mol. The van der Waals surface area contributed by atoms with Crippen molar-refractivity contribution in [1.29, 1.82) is 0 Å². The monoisotopic (exact) mass is 898 g/mol. The average molecular weight is 898 g/mol. The van der Waals surface area contributed by atoms with Gasteiger partial charge in [-0.25, -0.2) is 0 Å². The summed E-state index contributed by atoms with van der Waals surface area (Å²) in [5, 5.41) is 5.33. The average Bonchev–Trinajstić information content (AvgIpc) is 3.73. The van der Waals surface area contributed by atoms with E-state index in [0.29, 0.717) is 0 Å². The maximum absolute atomic E-state index is 5.55. The molecule has 6 rings (SSSR count). The molecule has 0 saturated carbocycles. The van der Waals surface area contributed by atoms with Crippen molar-refractivity contribution in [3.05, 3.63) is 131 Å². The zero-order valence-corrected chi connectivity index (χ0v) is 39.3. The van der Waals surface area contributed by atoms with Crippen molar-refractivity contribution in [3.8, 4) is 22.3 Å². The summed E-state index contributed by atoms with van der Waals surface area (Å²) in [6.07, 6.45) is 0. The molecule has 0 atom stereocenters. The summed E-state index contributed by atoms with van der Waals surface area (Å²) in [7, 11) is 11.1. The molecule has 6 aromatic carbocycles. The van der Waals surface area contributed by atoms with Crippen molar-refractivity contribution in [1.82, 2.24) is 0 Å². The molecule has 0 saturated heterocycles. The molecule has 0 bridgehead atoms. The van der Waals surface area contributed by atoms with Crippen LogP contribution in [0.25, 0.3) is 43.8 Å². The van der Waals surface area contributed by atoms with Crippen LogP contribution in [-0.4, -0.2) is 3.26 Å². The van der Waals surface area contributed by atoms with Crippen LogP contribution in [0, 0.1) is 0 Å². The molecule has 0 aliphatic carbocycles. The quantitative estimate of drug-likeness (QED) is 0.120. The molecular formula is C49H60Cl2Hf-2. The van der Waals surface area contributed by atoms with Crippen molar-refractivity contribution < 1.29 is 18.6 Å². The Morgan fingerprint density at radius 1 is 0.462 bits per heavy atom. The zero-order chi connectivity index (χ0) is 38.8. The van der Waals surface area contributed by atoms with Gasteiger partial charge < -0.3 is 0 Å². The SMILES string of the molecule is CC(C)(C)c1cc(-c2cccc3[cH-]ccc23)cc(C(C)(C)C)c1.CC(C)(C)c1cc(-c2cccc3[cH-]ccc23)cc(C(C)(C)C)c1.C[C](C)=[Hf]([Cl])[Cl]. The summed E-state index contributed by atoms with van der Waals surface area (Å²) < 4.78 is 1.25. The number of rotatable bonds is 2. The molecule has 0 unspecified atom stereocenters. The molecule has 0 fully saturated rings. The van der Waals surface area contributed by atoms with Gasteiger partial charge in [-0.05, 0) is 55.0 Å².